The first-order chi connectivity index (χ1) is 7.22. The van der Waals surface area contributed by atoms with Gasteiger partial charge in [-0.25, -0.2) is 0 Å². The lowest BCUT2D eigenvalue weighted by atomic mass is 10.3. The van der Waals surface area contributed by atoms with E-state index in [2.05, 4.69) is 0 Å². The van der Waals surface area contributed by atoms with Crippen LogP contribution in [-0.4, -0.2) is 29.4 Å². The fraction of sp³-hybridized carbons (Fsp3) is 0.300. The number of benzene rings is 1. The number of hydrogen-bond donors (Lipinski definition) is 1. The van der Waals surface area contributed by atoms with E-state index >= 15 is 0 Å². The zero-order chi connectivity index (χ0) is 10.8. The Balaban J connectivity index is 2.19. The summed E-state index contributed by atoms with van der Waals surface area (Å²) < 4.78 is 5.02. The molecule has 5 heteroatoms. The number of rotatable bonds is 2. The molecule has 4 nitrogen and oxygen atoms in total. The third-order valence-corrected chi connectivity index (χ3v) is 3.15. The minimum absolute atomic E-state index is 0.259. The van der Waals surface area contributed by atoms with Gasteiger partial charge in [-0.3, -0.25) is 9.69 Å². The van der Waals surface area contributed by atoms with Crippen molar-refractivity contribution >= 4 is 23.4 Å². The summed E-state index contributed by atoms with van der Waals surface area (Å²) in [5.41, 5.74) is -0.142. The second-order valence-corrected chi connectivity index (χ2v) is 4.15. The molecule has 0 bridgehead atoms. The molecule has 1 aromatic carbocycles. The van der Waals surface area contributed by atoms with E-state index in [1.165, 1.54) is 11.8 Å². The Morgan fingerprint density at radius 2 is 2.13 bits per heavy atom. The van der Waals surface area contributed by atoms with Crippen LogP contribution in [0.4, 0.5) is 5.69 Å². The smallest absolute Gasteiger partial charge is 0.267 e. The minimum atomic E-state index is -0.924. The van der Waals surface area contributed by atoms with Gasteiger partial charge in [0.15, 0.2) is 5.44 Å². The Morgan fingerprint density at radius 1 is 1.47 bits per heavy atom. The quantitative estimate of drug-likeness (QED) is 0.817. The van der Waals surface area contributed by atoms with Crippen LogP contribution in [0.15, 0.2) is 24.3 Å². The number of carbonyl (C=O) groups excluding carboxylic acids is 1. The van der Waals surface area contributed by atoms with Gasteiger partial charge in [-0.05, 0) is 24.3 Å². The topological polar surface area (TPSA) is 49.8 Å². The second kappa shape index (κ2) is 4.12. The fourth-order valence-corrected chi connectivity index (χ4v) is 2.21. The summed E-state index contributed by atoms with van der Waals surface area (Å²) in [6.45, 7) is 0. The molecular formula is C10H11NO3S. The Labute approximate surface area is 91.8 Å². The summed E-state index contributed by atoms with van der Waals surface area (Å²) >= 11 is 1.22. The van der Waals surface area contributed by atoms with Gasteiger partial charge in [0, 0.05) is 5.69 Å². The molecule has 1 aliphatic rings. The molecule has 2 rings (SSSR count). The molecule has 1 aliphatic heterocycles. The van der Waals surface area contributed by atoms with Gasteiger partial charge in [0.05, 0.1) is 13.0 Å². The number of carbonyl (C=O) groups is 1. The molecule has 80 valence electrons. The van der Waals surface area contributed by atoms with Crippen LogP contribution in [0.3, 0.4) is 0 Å². The van der Waals surface area contributed by atoms with E-state index in [1.807, 2.05) is 0 Å². The van der Waals surface area contributed by atoms with E-state index in [1.54, 1.807) is 36.3 Å². The Hall–Kier alpha value is -1.20. The average Bonchev–Trinajstić information content (AvgIpc) is 2.60. The van der Waals surface area contributed by atoms with Gasteiger partial charge in [0.1, 0.15) is 5.75 Å². The second-order valence-electron chi connectivity index (χ2n) is 3.11. The lowest BCUT2D eigenvalue weighted by Crippen LogP contribution is -2.28. The van der Waals surface area contributed by atoms with Crippen LogP contribution in [0.25, 0.3) is 0 Å². The van der Waals surface area contributed by atoms with Crippen LogP contribution < -0.4 is 9.64 Å². The first-order valence-electron chi connectivity index (χ1n) is 4.47. The lowest BCUT2D eigenvalue weighted by Gasteiger charge is -2.14. The number of nitrogens with zero attached hydrogens (tertiary/aromatic N) is 1. The van der Waals surface area contributed by atoms with Crippen molar-refractivity contribution in [3.8, 4) is 5.75 Å². The van der Waals surface area contributed by atoms with Crippen molar-refractivity contribution in [2.75, 3.05) is 17.9 Å². The molecular weight excluding hydrogens is 214 g/mol. The SMILES string of the molecule is COc1ccc(N2CSC(O)C2=O)cc1. The first kappa shape index (κ1) is 10.3. The van der Waals surface area contributed by atoms with Gasteiger partial charge in [-0.2, -0.15) is 0 Å². The van der Waals surface area contributed by atoms with Crippen LogP contribution in [0.2, 0.25) is 0 Å². The van der Waals surface area contributed by atoms with E-state index in [9.17, 15) is 9.90 Å². The summed E-state index contributed by atoms with van der Waals surface area (Å²) in [4.78, 5) is 13.0. The number of hydrogen-bond acceptors (Lipinski definition) is 4. The monoisotopic (exact) mass is 225 g/mol. The molecule has 0 radical (unpaired) electrons. The zero-order valence-electron chi connectivity index (χ0n) is 8.21. The van der Waals surface area contributed by atoms with Gasteiger partial charge < -0.3 is 9.84 Å². The highest BCUT2D eigenvalue weighted by atomic mass is 32.2. The highest BCUT2D eigenvalue weighted by Crippen LogP contribution is 2.28. The molecule has 1 unspecified atom stereocenters. The Bertz CT molecular complexity index is 365. The largest absolute Gasteiger partial charge is 0.497 e. The summed E-state index contributed by atoms with van der Waals surface area (Å²) in [6.07, 6.45) is 0. The van der Waals surface area contributed by atoms with E-state index in [0.29, 0.717) is 5.88 Å². The maximum absolute atomic E-state index is 11.5. The van der Waals surface area contributed by atoms with Crippen LogP contribution in [0.1, 0.15) is 0 Å². The number of thioether (sulfide) groups is 1. The molecule has 1 heterocycles. The number of amides is 1. The average molecular weight is 225 g/mol. The third kappa shape index (κ3) is 1.93. The predicted molar refractivity (Wildman–Crippen MR) is 58.9 cm³/mol. The normalized spacial score (nSPS) is 20.8. The third-order valence-electron chi connectivity index (χ3n) is 2.22. The highest BCUT2D eigenvalue weighted by molar-refractivity contribution is 8.01. The molecule has 15 heavy (non-hydrogen) atoms. The van der Waals surface area contributed by atoms with Gasteiger partial charge in [0.25, 0.3) is 5.91 Å². The molecule has 0 aliphatic carbocycles. The summed E-state index contributed by atoms with van der Waals surface area (Å²) in [7, 11) is 1.59. The summed E-state index contributed by atoms with van der Waals surface area (Å²) in [5.74, 6) is 0.982. The van der Waals surface area contributed by atoms with E-state index in [-0.39, 0.29) is 5.91 Å². The zero-order valence-corrected chi connectivity index (χ0v) is 9.03. The first-order valence-corrected chi connectivity index (χ1v) is 5.52. The van der Waals surface area contributed by atoms with Crippen molar-refractivity contribution in [3.05, 3.63) is 24.3 Å². The van der Waals surface area contributed by atoms with Gasteiger partial charge >= 0.3 is 0 Å². The molecule has 1 amide bonds. The number of anilines is 1. The van der Waals surface area contributed by atoms with Crippen molar-refractivity contribution < 1.29 is 14.6 Å². The molecule has 0 spiro atoms. The molecule has 0 saturated carbocycles. The van der Waals surface area contributed by atoms with E-state index < -0.39 is 5.44 Å². The van der Waals surface area contributed by atoms with Crippen LogP contribution in [0, 0.1) is 0 Å². The maximum atomic E-state index is 11.5. The molecule has 1 atom stereocenters. The number of methoxy groups -OCH3 is 1. The molecule has 1 N–H and O–H groups in total. The van der Waals surface area contributed by atoms with Crippen molar-refractivity contribution in [1.82, 2.24) is 0 Å². The molecule has 0 aromatic heterocycles. The van der Waals surface area contributed by atoms with Crippen LogP contribution in [-0.2, 0) is 4.79 Å². The fourth-order valence-electron chi connectivity index (χ4n) is 1.38. The molecule has 1 aromatic rings. The van der Waals surface area contributed by atoms with Crippen LogP contribution in [0.5, 0.6) is 5.75 Å². The summed E-state index contributed by atoms with van der Waals surface area (Å²) in [6, 6.07) is 7.18. The van der Waals surface area contributed by atoms with E-state index in [0.717, 1.165) is 11.4 Å². The maximum Gasteiger partial charge on any atom is 0.267 e. The molecule has 1 saturated heterocycles. The predicted octanol–water partition coefficient (Wildman–Crippen LogP) is 1.05. The van der Waals surface area contributed by atoms with Gasteiger partial charge in [0.2, 0.25) is 0 Å². The minimum Gasteiger partial charge on any atom is -0.497 e. The van der Waals surface area contributed by atoms with Crippen molar-refractivity contribution in [3.63, 3.8) is 0 Å². The lowest BCUT2D eigenvalue weighted by molar-refractivity contribution is -0.121. The molecule has 1 fully saturated rings. The van der Waals surface area contributed by atoms with Gasteiger partial charge in [-0.1, -0.05) is 11.8 Å². The highest BCUT2D eigenvalue weighted by Gasteiger charge is 2.31. The van der Waals surface area contributed by atoms with E-state index in [4.69, 9.17) is 4.74 Å². The Kier molecular flexibility index (Phi) is 2.83. The number of aliphatic hydroxyl groups excluding tert-OH is 1. The number of ether oxygens (including phenoxy) is 1. The van der Waals surface area contributed by atoms with Crippen molar-refractivity contribution in [2.45, 2.75) is 5.44 Å². The summed E-state index contributed by atoms with van der Waals surface area (Å²) in [5, 5.41) is 9.28. The van der Waals surface area contributed by atoms with Crippen molar-refractivity contribution in [2.24, 2.45) is 0 Å². The standard InChI is InChI=1S/C10H11NO3S/c1-14-8-4-2-7(3-5-8)11-6-15-10(13)9(11)12/h2-5,10,13H,6H2,1H3. The Morgan fingerprint density at radius 3 is 2.60 bits per heavy atom. The van der Waals surface area contributed by atoms with Gasteiger partial charge in [-0.15, -0.1) is 0 Å². The number of aliphatic hydroxyl groups is 1. The van der Waals surface area contributed by atoms with Crippen LogP contribution >= 0.6 is 11.8 Å². The van der Waals surface area contributed by atoms with Crippen molar-refractivity contribution in [1.29, 1.82) is 0 Å².